The first-order chi connectivity index (χ1) is 10.7. The van der Waals surface area contributed by atoms with E-state index in [2.05, 4.69) is 15.3 Å². The SMILES string of the molecule is CCOC(=O)c1ncnc(NCc2ccc(OC)cc2)c1Cl. The lowest BCUT2D eigenvalue weighted by Crippen LogP contribution is -2.11. The van der Waals surface area contributed by atoms with Crippen LogP contribution < -0.4 is 10.1 Å². The molecule has 1 aromatic heterocycles. The molecule has 0 saturated heterocycles. The fraction of sp³-hybridized carbons (Fsp3) is 0.267. The first kappa shape index (κ1) is 16.0. The molecule has 22 heavy (non-hydrogen) atoms. The van der Waals surface area contributed by atoms with Crippen LogP contribution in [0.15, 0.2) is 30.6 Å². The predicted octanol–water partition coefficient (Wildman–Crippen LogP) is 2.93. The maximum absolute atomic E-state index is 11.7. The number of carbonyl (C=O) groups excluding carboxylic acids is 1. The minimum Gasteiger partial charge on any atom is -0.497 e. The lowest BCUT2D eigenvalue weighted by molar-refractivity contribution is 0.0519. The molecule has 0 aliphatic heterocycles. The molecule has 1 heterocycles. The van der Waals surface area contributed by atoms with Gasteiger partial charge in [0.05, 0.1) is 13.7 Å². The number of hydrogen-bond donors (Lipinski definition) is 1. The molecule has 0 spiro atoms. The summed E-state index contributed by atoms with van der Waals surface area (Å²) in [5, 5.41) is 3.22. The number of carbonyl (C=O) groups is 1. The van der Waals surface area contributed by atoms with E-state index in [1.807, 2.05) is 24.3 Å². The summed E-state index contributed by atoms with van der Waals surface area (Å²) < 4.78 is 10.00. The molecule has 2 aromatic rings. The minimum atomic E-state index is -0.567. The van der Waals surface area contributed by atoms with Gasteiger partial charge in [-0.1, -0.05) is 23.7 Å². The molecule has 1 N–H and O–H groups in total. The number of rotatable bonds is 6. The fourth-order valence-corrected chi connectivity index (χ4v) is 2.01. The van der Waals surface area contributed by atoms with E-state index in [0.717, 1.165) is 11.3 Å². The van der Waals surface area contributed by atoms with Gasteiger partial charge in [-0.25, -0.2) is 14.8 Å². The Kier molecular flexibility index (Phi) is 5.55. The van der Waals surface area contributed by atoms with Gasteiger partial charge in [0.25, 0.3) is 0 Å². The summed E-state index contributed by atoms with van der Waals surface area (Å²) in [4.78, 5) is 19.6. The molecule has 2 rings (SSSR count). The van der Waals surface area contributed by atoms with Gasteiger partial charge in [0.2, 0.25) is 0 Å². The second kappa shape index (κ2) is 7.61. The monoisotopic (exact) mass is 321 g/mol. The number of methoxy groups -OCH3 is 1. The summed E-state index contributed by atoms with van der Waals surface area (Å²) in [7, 11) is 1.62. The lowest BCUT2D eigenvalue weighted by Gasteiger charge is -2.10. The first-order valence-electron chi connectivity index (χ1n) is 6.70. The third-order valence-corrected chi connectivity index (χ3v) is 3.24. The number of nitrogens with one attached hydrogen (secondary N) is 1. The molecule has 0 amide bonds. The number of halogens is 1. The molecule has 7 heteroatoms. The second-order valence-corrected chi connectivity index (χ2v) is 4.68. The van der Waals surface area contributed by atoms with Crippen LogP contribution in [0.2, 0.25) is 5.02 Å². The minimum absolute atomic E-state index is 0.0516. The fourth-order valence-electron chi connectivity index (χ4n) is 1.76. The normalized spacial score (nSPS) is 10.1. The Hall–Kier alpha value is -2.34. The van der Waals surface area contributed by atoms with Gasteiger partial charge in [0, 0.05) is 6.54 Å². The average Bonchev–Trinajstić information content (AvgIpc) is 2.54. The van der Waals surface area contributed by atoms with Crippen molar-refractivity contribution in [2.24, 2.45) is 0 Å². The molecule has 0 atom stereocenters. The van der Waals surface area contributed by atoms with E-state index in [-0.39, 0.29) is 17.3 Å². The van der Waals surface area contributed by atoms with Crippen LogP contribution >= 0.6 is 11.6 Å². The van der Waals surface area contributed by atoms with Gasteiger partial charge in [-0.3, -0.25) is 0 Å². The van der Waals surface area contributed by atoms with Crippen LogP contribution in [0.4, 0.5) is 5.82 Å². The molecular formula is C15H16ClN3O3. The summed E-state index contributed by atoms with van der Waals surface area (Å²) >= 11 is 6.14. The van der Waals surface area contributed by atoms with Gasteiger partial charge in [-0.05, 0) is 24.6 Å². The Morgan fingerprint density at radius 1 is 1.27 bits per heavy atom. The maximum atomic E-state index is 11.7. The Morgan fingerprint density at radius 3 is 2.64 bits per heavy atom. The van der Waals surface area contributed by atoms with E-state index in [4.69, 9.17) is 21.1 Å². The van der Waals surface area contributed by atoms with Crippen molar-refractivity contribution in [3.8, 4) is 5.75 Å². The van der Waals surface area contributed by atoms with Crippen LogP contribution in [0.3, 0.4) is 0 Å². The molecule has 0 bridgehead atoms. The topological polar surface area (TPSA) is 73.3 Å². The third kappa shape index (κ3) is 3.85. The van der Waals surface area contributed by atoms with Crippen LogP contribution in [0.25, 0.3) is 0 Å². The van der Waals surface area contributed by atoms with Crippen LogP contribution in [0.1, 0.15) is 23.0 Å². The number of aromatic nitrogens is 2. The molecule has 0 aliphatic carbocycles. The van der Waals surface area contributed by atoms with Crippen LogP contribution in [0, 0.1) is 0 Å². The third-order valence-electron chi connectivity index (χ3n) is 2.88. The largest absolute Gasteiger partial charge is 0.497 e. The van der Waals surface area contributed by atoms with Crippen molar-refractivity contribution in [3.05, 3.63) is 46.9 Å². The molecule has 0 radical (unpaired) electrons. The molecule has 0 unspecified atom stereocenters. The zero-order chi connectivity index (χ0) is 15.9. The summed E-state index contributed by atoms with van der Waals surface area (Å²) in [6, 6.07) is 7.58. The molecule has 6 nitrogen and oxygen atoms in total. The van der Waals surface area contributed by atoms with Gasteiger partial charge < -0.3 is 14.8 Å². The summed E-state index contributed by atoms with van der Waals surface area (Å²) in [6.07, 6.45) is 1.27. The van der Waals surface area contributed by atoms with Crippen molar-refractivity contribution in [1.82, 2.24) is 9.97 Å². The van der Waals surface area contributed by atoms with Crippen molar-refractivity contribution in [2.75, 3.05) is 19.0 Å². The Bertz CT molecular complexity index is 647. The summed E-state index contributed by atoms with van der Waals surface area (Å²) in [6.45, 7) is 2.48. The summed E-state index contributed by atoms with van der Waals surface area (Å²) in [5.41, 5.74) is 1.07. The van der Waals surface area contributed by atoms with E-state index >= 15 is 0 Å². The van der Waals surface area contributed by atoms with E-state index in [0.29, 0.717) is 12.4 Å². The smallest absolute Gasteiger partial charge is 0.358 e. The zero-order valence-corrected chi connectivity index (χ0v) is 13.1. The molecule has 116 valence electrons. The van der Waals surface area contributed by atoms with Gasteiger partial charge >= 0.3 is 5.97 Å². The quantitative estimate of drug-likeness (QED) is 0.825. The van der Waals surface area contributed by atoms with E-state index in [9.17, 15) is 4.79 Å². The van der Waals surface area contributed by atoms with Crippen molar-refractivity contribution in [2.45, 2.75) is 13.5 Å². The van der Waals surface area contributed by atoms with E-state index in [1.54, 1.807) is 14.0 Å². The Balaban J connectivity index is 2.09. The highest BCUT2D eigenvalue weighted by molar-refractivity contribution is 6.35. The van der Waals surface area contributed by atoms with Crippen molar-refractivity contribution in [1.29, 1.82) is 0 Å². The molecule has 0 fully saturated rings. The van der Waals surface area contributed by atoms with Gasteiger partial charge in [-0.15, -0.1) is 0 Å². The first-order valence-corrected chi connectivity index (χ1v) is 7.08. The van der Waals surface area contributed by atoms with Gasteiger partial charge in [-0.2, -0.15) is 0 Å². The molecule has 0 saturated carbocycles. The van der Waals surface area contributed by atoms with Crippen LogP contribution in [-0.2, 0) is 11.3 Å². The summed E-state index contributed by atoms with van der Waals surface area (Å²) in [5.74, 6) is 0.603. The van der Waals surface area contributed by atoms with Crippen molar-refractivity contribution in [3.63, 3.8) is 0 Å². The number of anilines is 1. The van der Waals surface area contributed by atoms with E-state index in [1.165, 1.54) is 6.33 Å². The second-order valence-electron chi connectivity index (χ2n) is 4.31. The van der Waals surface area contributed by atoms with Gasteiger partial charge in [0.1, 0.15) is 22.9 Å². The molecule has 1 aromatic carbocycles. The number of benzene rings is 1. The Morgan fingerprint density at radius 2 is 2.00 bits per heavy atom. The number of ether oxygens (including phenoxy) is 2. The van der Waals surface area contributed by atoms with Crippen molar-refractivity contribution < 1.29 is 14.3 Å². The van der Waals surface area contributed by atoms with Crippen LogP contribution in [0.5, 0.6) is 5.75 Å². The highest BCUT2D eigenvalue weighted by Crippen LogP contribution is 2.23. The highest BCUT2D eigenvalue weighted by Gasteiger charge is 2.17. The molecular weight excluding hydrogens is 306 g/mol. The number of nitrogens with zero attached hydrogens (tertiary/aromatic N) is 2. The lowest BCUT2D eigenvalue weighted by atomic mass is 10.2. The van der Waals surface area contributed by atoms with Crippen molar-refractivity contribution >= 4 is 23.4 Å². The number of esters is 1. The molecule has 0 aliphatic rings. The number of hydrogen-bond acceptors (Lipinski definition) is 6. The van der Waals surface area contributed by atoms with Gasteiger partial charge in [0.15, 0.2) is 5.69 Å². The predicted molar refractivity (Wildman–Crippen MR) is 83.3 cm³/mol. The standard InChI is InChI=1S/C15H16ClN3O3/c1-3-22-15(20)13-12(16)14(19-9-18-13)17-8-10-4-6-11(21-2)7-5-10/h4-7,9H,3,8H2,1-2H3,(H,17,18,19). The average molecular weight is 322 g/mol. The highest BCUT2D eigenvalue weighted by atomic mass is 35.5. The van der Waals surface area contributed by atoms with Crippen LogP contribution in [-0.4, -0.2) is 29.7 Å². The maximum Gasteiger partial charge on any atom is 0.358 e. The zero-order valence-electron chi connectivity index (χ0n) is 12.3. The Labute approximate surface area is 133 Å². The van der Waals surface area contributed by atoms with E-state index < -0.39 is 5.97 Å².